The molecule has 0 aliphatic heterocycles. The van der Waals surface area contributed by atoms with E-state index in [0.29, 0.717) is 6.61 Å². The third-order valence-corrected chi connectivity index (χ3v) is 3.20. The van der Waals surface area contributed by atoms with Crippen LogP contribution in [-0.4, -0.2) is 26.4 Å². The number of hydrogen-bond acceptors (Lipinski definition) is 4. The molecule has 0 unspecified atom stereocenters. The van der Waals surface area contributed by atoms with Gasteiger partial charge in [0.05, 0.1) is 21.9 Å². The highest BCUT2D eigenvalue weighted by Crippen LogP contribution is 2.21. The van der Waals surface area contributed by atoms with Gasteiger partial charge in [0.1, 0.15) is 11.3 Å². The van der Waals surface area contributed by atoms with Crippen LogP contribution in [0.5, 0.6) is 5.75 Å². The van der Waals surface area contributed by atoms with Crippen molar-refractivity contribution in [1.82, 2.24) is 19.8 Å². The summed E-state index contributed by atoms with van der Waals surface area (Å²) in [5.74, 6) is 0.819. The van der Waals surface area contributed by atoms with Gasteiger partial charge < -0.3 is 4.74 Å². The van der Waals surface area contributed by atoms with Crippen molar-refractivity contribution in [3.63, 3.8) is 0 Å². The lowest BCUT2D eigenvalue weighted by atomic mass is 10.3. The van der Waals surface area contributed by atoms with Gasteiger partial charge in [0.25, 0.3) is 0 Å². The molecule has 0 radical (unpaired) electrons. The lowest BCUT2D eigenvalue weighted by molar-refractivity contribution is 0.340. The van der Waals surface area contributed by atoms with E-state index in [0.717, 1.165) is 26.0 Å². The van der Waals surface area contributed by atoms with Crippen molar-refractivity contribution in [3.05, 3.63) is 28.0 Å². The van der Waals surface area contributed by atoms with E-state index in [1.54, 1.807) is 10.7 Å². The van der Waals surface area contributed by atoms with Crippen LogP contribution in [0.15, 0.2) is 24.4 Å². The van der Waals surface area contributed by atoms with Gasteiger partial charge in [0.2, 0.25) is 0 Å². The van der Waals surface area contributed by atoms with E-state index < -0.39 is 0 Å². The van der Waals surface area contributed by atoms with Crippen LogP contribution in [0.3, 0.4) is 0 Å². The van der Waals surface area contributed by atoms with Gasteiger partial charge in [-0.3, -0.25) is 0 Å². The second kappa shape index (κ2) is 4.10. The van der Waals surface area contributed by atoms with Gasteiger partial charge in [-0.05, 0) is 41.6 Å². The molecule has 0 N–H and O–H groups in total. The number of nitrogens with zero attached hydrogens (tertiary/aromatic N) is 4. The fraction of sp³-hybridized carbons (Fsp3) is 0.182. The van der Waals surface area contributed by atoms with Gasteiger partial charge in [-0.1, -0.05) is 0 Å². The van der Waals surface area contributed by atoms with E-state index in [9.17, 15) is 0 Å². The zero-order valence-corrected chi connectivity index (χ0v) is 11.2. The minimum Gasteiger partial charge on any atom is -0.494 e. The molecule has 0 amide bonds. The molecule has 86 valence electrons. The molecule has 0 saturated heterocycles. The SMILES string of the molecule is CCOc1ccc2nnc3c(I)cnn3c2c1. The maximum absolute atomic E-state index is 5.48. The van der Waals surface area contributed by atoms with Crippen molar-refractivity contribution in [2.24, 2.45) is 0 Å². The fourth-order valence-corrected chi connectivity index (χ4v) is 2.16. The first-order valence-corrected chi connectivity index (χ1v) is 6.30. The molecule has 0 atom stereocenters. The number of hydrogen-bond donors (Lipinski definition) is 0. The highest BCUT2D eigenvalue weighted by Gasteiger charge is 2.08. The zero-order valence-electron chi connectivity index (χ0n) is 9.09. The monoisotopic (exact) mass is 340 g/mol. The van der Waals surface area contributed by atoms with E-state index >= 15 is 0 Å². The Hall–Kier alpha value is -1.44. The molecule has 0 aliphatic carbocycles. The first-order valence-electron chi connectivity index (χ1n) is 5.22. The summed E-state index contributed by atoms with van der Waals surface area (Å²) in [6, 6.07) is 5.71. The standard InChI is InChI=1S/C11H9IN4O/c1-2-17-7-3-4-9-10(5-7)16-11(15-14-9)8(12)6-13-16/h3-6H,2H2,1H3. The smallest absolute Gasteiger partial charge is 0.191 e. The summed E-state index contributed by atoms with van der Waals surface area (Å²) in [5, 5.41) is 12.6. The molecule has 2 heterocycles. The summed E-state index contributed by atoms with van der Waals surface area (Å²) in [6.07, 6.45) is 1.78. The fourth-order valence-electron chi connectivity index (χ4n) is 1.70. The van der Waals surface area contributed by atoms with Gasteiger partial charge in [0, 0.05) is 6.07 Å². The molecule has 0 spiro atoms. The molecule has 2 aromatic heterocycles. The van der Waals surface area contributed by atoms with E-state index in [-0.39, 0.29) is 0 Å². The molecule has 17 heavy (non-hydrogen) atoms. The number of fused-ring (bicyclic) bond motifs is 3. The van der Waals surface area contributed by atoms with Crippen LogP contribution in [0, 0.1) is 3.57 Å². The quantitative estimate of drug-likeness (QED) is 0.672. The molecule has 3 aromatic rings. The zero-order chi connectivity index (χ0) is 11.8. The maximum atomic E-state index is 5.48. The van der Waals surface area contributed by atoms with Crippen molar-refractivity contribution in [2.75, 3.05) is 6.61 Å². The predicted octanol–water partition coefficient (Wildman–Crippen LogP) is 2.28. The number of halogens is 1. The Morgan fingerprint density at radius 1 is 1.35 bits per heavy atom. The van der Waals surface area contributed by atoms with Crippen molar-refractivity contribution in [1.29, 1.82) is 0 Å². The lowest BCUT2D eigenvalue weighted by Crippen LogP contribution is -1.98. The summed E-state index contributed by atoms with van der Waals surface area (Å²) in [7, 11) is 0. The summed E-state index contributed by atoms with van der Waals surface area (Å²) < 4.78 is 8.25. The summed E-state index contributed by atoms with van der Waals surface area (Å²) in [5.41, 5.74) is 2.48. The van der Waals surface area contributed by atoms with E-state index in [4.69, 9.17) is 4.74 Å². The lowest BCUT2D eigenvalue weighted by Gasteiger charge is -2.04. The maximum Gasteiger partial charge on any atom is 0.191 e. The molecule has 0 fully saturated rings. The average Bonchev–Trinajstić information content (AvgIpc) is 2.72. The van der Waals surface area contributed by atoms with Crippen molar-refractivity contribution in [2.45, 2.75) is 6.92 Å². The van der Waals surface area contributed by atoms with Crippen LogP contribution in [0.4, 0.5) is 0 Å². The van der Waals surface area contributed by atoms with Crippen molar-refractivity contribution < 1.29 is 4.74 Å². The molecule has 1 aromatic carbocycles. The highest BCUT2D eigenvalue weighted by atomic mass is 127. The Bertz CT molecular complexity index is 694. The van der Waals surface area contributed by atoms with E-state index in [1.165, 1.54) is 0 Å². The number of rotatable bonds is 2. The number of ether oxygens (including phenoxy) is 1. The van der Waals surface area contributed by atoms with Crippen LogP contribution < -0.4 is 4.74 Å². The number of benzene rings is 1. The predicted molar refractivity (Wildman–Crippen MR) is 72.2 cm³/mol. The second-order valence-corrected chi connectivity index (χ2v) is 4.67. The summed E-state index contributed by atoms with van der Waals surface area (Å²) in [6.45, 7) is 2.60. The van der Waals surface area contributed by atoms with Crippen LogP contribution in [-0.2, 0) is 0 Å². The molecule has 0 bridgehead atoms. The average molecular weight is 340 g/mol. The third kappa shape index (κ3) is 1.72. The normalized spacial score (nSPS) is 11.2. The first kappa shape index (κ1) is 10.7. The first-order chi connectivity index (χ1) is 8.29. The van der Waals surface area contributed by atoms with Gasteiger partial charge in [-0.2, -0.15) is 5.10 Å². The van der Waals surface area contributed by atoms with Crippen LogP contribution in [0.1, 0.15) is 6.92 Å². The molecule has 5 nitrogen and oxygen atoms in total. The van der Waals surface area contributed by atoms with Gasteiger partial charge in [-0.15, -0.1) is 10.2 Å². The molecular weight excluding hydrogens is 331 g/mol. The topological polar surface area (TPSA) is 52.3 Å². The minimum atomic E-state index is 0.643. The van der Waals surface area contributed by atoms with Gasteiger partial charge in [0.15, 0.2) is 5.65 Å². The van der Waals surface area contributed by atoms with E-state index in [2.05, 4.69) is 37.9 Å². The van der Waals surface area contributed by atoms with Crippen LogP contribution in [0.2, 0.25) is 0 Å². The molecule has 6 heteroatoms. The summed E-state index contributed by atoms with van der Waals surface area (Å²) >= 11 is 2.19. The largest absolute Gasteiger partial charge is 0.494 e. The van der Waals surface area contributed by atoms with Crippen LogP contribution >= 0.6 is 22.6 Å². The minimum absolute atomic E-state index is 0.643. The van der Waals surface area contributed by atoms with E-state index in [1.807, 2.05) is 25.1 Å². The number of aromatic nitrogens is 4. The Labute approximate surface area is 111 Å². The van der Waals surface area contributed by atoms with Gasteiger partial charge >= 0.3 is 0 Å². The Kier molecular flexibility index (Phi) is 2.58. The van der Waals surface area contributed by atoms with Gasteiger partial charge in [-0.25, -0.2) is 4.52 Å². The molecule has 0 aliphatic rings. The summed E-state index contributed by atoms with van der Waals surface area (Å²) in [4.78, 5) is 0. The third-order valence-electron chi connectivity index (χ3n) is 2.44. The molecular formula is C11H9IN4O. The Morgan fingerprint density at radius 3 is 3.06 bits per heavy atom. The van der Waals surface area contributed by atoms with Crippen molar-refractivity contribution in [3.8, 4) is 5.75 Å². The van der Waals surface area contributed by atoms with Crippen molar-refractivity contribution >= 4 is 39.3 Å². The van der Waals surface area contributed by atoms with Crippen LogP contribution in [0.25, 0.3) is 16.7 Å². The molecule has 3 rings (SSSR count). The molecule has 0 saturated carbocycles. The Morgan fingerprint density at radius 2 is 2.24 bits per heavy atom. The highest BCUT2D eigenvalue weighted by molar-refractivity contribution is 14.1. The second-order valence-electron chi connectivity index (χ2n) is 3.51. The Balaban J connectivity index is 2.34.